The van der Waals surface area contributed by atoms with Crippen LogP contribution >= 0.6 is 0 Å². The Morgan fingerprint density at radius 3 is 2.46 bits per heavy atom. The van der Waals surface area contributed by atoms with Crippen LogP contribution in [0.2, 0.25) is 0 Å². The lowest BCUT2D eigenvalue weighted by Crippen LogP contribution is -1.99. The number of nitrogens with zero attached hydrogens (tertiary/aromatic N) is 1. The van der Waals surface area contributed by atoms with Gasteiger partial charge in [-0.1, -0.05) is 11.8 Å². The second-order valence-electron chi connectivity index (χ2n) is 3.97. The molecule has 0 atom stereocenters. The zero-order valence-corrected chi connectivity index (χ0v) is 8.26. The molecule has 1 rings (SSSR count). The second-order valence-corrected chi connectivity index (χ2v) is 3.97. The normalized spacial score (nSPS) is 10.4. The van der Waals surface area contributed by atoms with E-state index in [1.165, 1.54) is 0 Å². The summed E-state index contributed by atoms with van der Waals surface area (Å²) < 4.78 is 0. The van der Waals surface area contributed by atoms with E-state index in [1.54, 1.807) is 12.3 Å². The van der Waals surface area contributed by atoms with Crippen molar-refractivity contribution >= 4 is 5.82 Å². The molecule has 0 fully saturated rings. The molecule has 0 aliphatic heterocycles. The van der Waals surface area contributed by atoms with E-state index >= 15 is 0 Å². The predicted molar refractivity (Wildman–Crippen MR) is 55.0 cm³/mol. The van der Waals surface area contributed by atoms with E-state index in [-0.39, 0.29) is 5.41 Å². The molecule has 0 aromatic carbocycles. The highest BCUT2D eigenvalue weighted by atomic mass is 14.8. The van der Waals surface area contributed by atoms with Crippen LogP contribution in [0.3, 0.4) is 0 Å². The summed E-state index contributed by atoms with van der Waals surface area (Å²) in [6.45, 7) is 6.22. The fraction of sp³-hybridized carbons (Fsp3) is 0.364. The van der Waals surface area contributed by atoms with Crippen LogP contribution in [0.1, 0.15) is 26.3 Å². The summed E-state index contributed by atoms with van der Waals surface area (Å²) in [6.07, 6.45) is 1.69. The van der Waals surface area contributed by atoms with Crippen LogP contribution in [0.25, 0.3) is 0 Å². The van der Waals surface area contributed by atoms with Crippen molar-refractivity contribution in [1.29, 1.82) is 0 Å². The Labute approximate surface area is 79.2 Å². The molecule has 0 aliphatic carbocycles. The van der Waals surface area contributed by atoms with E-state index in [0.29, 0.717) is 5.82 Å². The fourth-order valence-electron chi connectivity index (χ4n) is 0.739. The zero-order valence-electron chi connectivity index (χ0n) is 8.26. The van der Waals surface area contributed by atoms with Crippen molar-refractivity contribution in [2.75, 3.05) is 5.73 Å². The third-order valence-corrected chi connectivity index (χ3v) is 1.37. The van der Waals surface area contributed by atoms with Gasteiger partial charge in [0.05, 0.1) is 0 Å². The Balaban J connectivity index is 2.85. The second kappa shape index (κ2) is 3.49. The fourth-order valence-corrected chi connectivity index (χ4v) is 0.739. The minimum atomic E-state index is 0.0292. The van der Waals surface area contributed by atoms with Crippen molar-refractivity contribution in [2.24, 2.45) is 5.41 Å². The number of aromatic nitrogens is 1. The minimum Gasteiger partial charge on any atom is -0.384 e. The molecule has 0 spiro atoms. The first-order valence-electron chi connectivity index (χ1n) is 4.22. The van der Waals surface area contributed by atoms with Gasteiger partial charge in [-0.2, -0.15) is 0 Å². The van der Waals surface area contributed by atoms with Crippen molar-refractivity contribution in [2.45, 2.75) is 20.8 Å². The number of rotatable bonds is 0. The van der Waals surface area contributed by atoms with Crippen LogP contribution in [-0.2, 0) is 0 Å². The van der Waals surface area contributed by atoms with E-state index < -0.39 is 0 Å². The molecule has 2 N–H and O–H groups in total. The van der Waals surface area contributed by atoms with Crippen LogP contribution in [0, 0.1) is 17.3 Å². The molecule has 1 heterocycles. The van der Waals surface area contributed by atoms with Crippen molar-refractivity contribution < 1.29 is 0 Å². The summed E-state index contributed by atoms with van der Waals surface area (Å²) in [6, 6.07) is 3.63. The molecule has 0 amide bonds. The van der Waals surface area contributed by atoms with Gasteiger partial charge in [0.25, 0.3) is 0 Å². The third kappa shape index (κ3) is 3.62. The lowest BCUT2D eigenvalue weighted by molar-refractivity contribution is 0.571. The quantitative estimate of drug-likeness (QED) is 0.611. The number of anilines is 1. The average Bonchev–Trinajstić information content (AvgIpc) is 2.02. The molecule has 0 saturated carbocycles. The molecule has 0 saturated heterocycles. The smallest absolute Gasteiger partial charge is 0.123 e. The standard InChI is InChI=1S/C11H14N2/c1-11(2,3)7-6-9-4-5-10(12)13-8-9/h4-5,8H,1-3H3,(H2,12,13). The van der Waals surface area contributed by atoms with Crippen molar-refractivity contribution in [3.63, 3.8) is 0 Å². The molecule has 0 bridgehead atoms. The number of pyridine rings is 1. The highest BCUT2D eigenvalue weighted by Crippen LogP contribution is 2.10. The van der Waals surface area contributed by atoms with Crippen molar-refractivity contribution in [3.8, 4) is 11.8 Å². The Kier molecular flexibility index (Phi) is 2.57. The number of nitrogens with two attached hydrogens (primary N) is 1. The maximum Gasteiger partial charge on any atom is 0.123 e. The Hall–Kier alpha value is -1.49. The Morgan fingerprint density at radius 2 is 2.00 bits per heavy atom. The van der Waals surface area contributed by atoms with Crippen molar-refractivity contribution in [1.82, 2.24) is 4.98 Å². The largest absolute Gasteiger partial charge is 0.384 e. The molecular weight excluding hydrogens is 160 g/mol. The lowest BCUT2D eigenvalue weighted by Gasteiger charge is -2.06. The van der Waals surface area contributed by atoms with E-state index in [1.807, 2.05) is 6.07 Å². The number of hydrogen-bond donors (Lipinski definition) is 1. The molecule has 68 valence electrons. The molecule has 0 unspecified atom stereocenters. The van der Waals surface area contributed by atoms with Gasteiger partial charge in [0.15, 0.2) is 0 Å². The molecule has 1 aromatic rings. The average molecular weight is 174 g/mol. The van der Waals surface area contributed by atoms with E-state index in [0.717, 1.165) is 5.56 Å². The Morgan fingerprint density at radius 1 is 1.31 bits per heavy atom. The monoisotopic (exact) mass is 174 g/mol. The van der Waals surface area contributed by atoms with Crippen LogP contribution in [0.5, 0.6) is 0 Å². The van der Waals surface area contributed by atoms with E-state index in [4.69, 9.17) is 5.73 Å². The lowest BCUT2D eigenvalue weighted by atomic mass is 9.97. The molecular formula is C11H14N2. The summed E-state index contributed by atoms with van der Waals surface area (Å²) in [4.78, 5) is 3.96. The van der Waals surface area contributed by atoms with Crippen LogP contribution < -0.4 is 5.73 Å². The first-order valence-corrected chi connectivity index (χ1v) is 4.22. The first-order chi connectivity index (χ1) is 5.97. The van der Waals surface area contributed by atoms with Crippen molar-refractivity contribution in [3.05, 3.63) is 23.9 Å². The minimum absolute atomic E-state index is 0.0292. The third-order valence-electron chi connectivity index (χ3n) is 1.37. The van der Waals surface area contributed by atoms with Crippen LogP contribution in [-0.4, -0.2) is 4.98 Å². The molecule has 2 heteroatoms. The van der Waals surface area contributed by atoms with E-state index in [9.17, 15) is 0 Å². The van der Waals surface area contributed by atoms with Gasteiger partial charge in [0.1, 0.15) is 5.82 Å². The van der Waals surface area contributed by atoms with Gasteiger partial charge in [-0.3, -0.25) is 0 Å². The molecule has 13 heavy (non-hydrogen) atoms. The Bertz CT molecular complexity index is 333. The summed E-state index contributed by atoms with van der Waals surface area (Å²) in [7, 11) is 0. The van der Waals surface area contributed by atoms with Gasteiger partial charge in [-0.05, 0) is 32.9 Å². The number of hydrogen-bond acceptors (Lipinski definition) is 2. The maximum atomic E-state index is 5.45. The molecule has 2 nitrogen and oxygen atoms in total. The zero-order chi connectivity index (χ0) is 9.90. The van der Waals surface area contributed by atoms with Gasteiger partial charge in [-0.15, -0.1) is 0 Å². The molecule has 0 aliphatic rings. The topological polar surface area (TPSA) is 38.9 Å². The predicted octanol–water partition coefficient (Wildman–Crippen LogP) is 2.06. The van der Waals surface area contributed by atoms with Gasteiger partial charge in [0, 0.05) is 17.2 Å². The SMILES string of the molecule is CC(C)(C)C#Cc1ccc(N)nc1. The van der Waals surface area contributed by atoms with E-state index in [2.05, 4.69) is 37.6 Å². The summed E-state index contributed by atoms with van der Waals surface area (Å²) in [5, 5.41) is 0. The van der Waals surface area contributed by atoms with Gasteiger partial charge in [0.2, 0.25) is 0 Å². The van der Waals surface area contributed by atoms with Crippen LogP contribution in [0.4, 0.5) is 5.82 Å². The summed E-state index contributed by atoms with van der Waals surface area (Å²) in [5.74, 6) is 6.70. The van der Waals surface area contributed by atoms with Crippen LogP contribution in [0.15, 0.2) is 18.3 Å². The van der Waals surface area contributed by atoms with Gasteiger partial charge >= 0.3 is 0 Å². The first kappa shape index (κ1) is 9.60. The summed E-state index contributed by atoms with van der Waals surface area (Å²) in [5.41, 5.74) is 6.39. The summed E-state index contributed by atoms with van der Waals surface area (Å²) >= 11 is 0. The molecule has 0 radical (unpaired) electrons. The maximum absolute atomic E-state index is 5.45. The van der Waals surface area contributed by atoms with Gasteiger partial charge in [-0.25, -0.2) is 4.98 Å². The molecule has 1 aromatic heterocycles. The highest BCUT2D eigenvalue weighted by Gasteiger charge is 2.03. The van der Waals surface area contributed by atoms with Gasteiger partial charge < -0.3 is 5.73 Å². The highest BCUT2D eigenvalue weighted by molar-refractivity contribution is 5.38. The number of nitrogen functional groups attached to an aromatic ring is 1.